The number of fused-ring (bicyclic) bond motifs is 1. The van der Waals surface area contributed by atoms with Crippen molar-refractivity contribution < 1.29 is 4.79 Å². The molecule has 0 saturated heterocycles. The number of carbonyl (C=O) groups is 1. The number of hydrogen-bond acceptors (Lipinski definition) is 3. The molecule has 4 nitrogen and oxygen atoms in total. The van der Waals surface area contributed by atoms with Crippen LogP contribution in [0.5, 0.6) is 0 Å². The summed E-state index contributed by atoms with van der Waals surface area (Å²) in [4.78, 5) is 19.2. The quantitative estimate of drug-likeness (QED) is 0.702. The van der Waals surface area contributed by atoms with Crippen LogP contribution < -0.4 is 10.2 Å². The van der Waals surface area contributed by atoms with E-state index in [4.69, 9.17) is 11.6 Å². The topological polar surface area (TPSA) is 45.2 Å². The van der Waals surface area contributed by atoms with Crippen molar-refractivity contribution >= 4 is 29.0 Å². The minimum absolute atomic E-state index is 0.0716. The number of rotatable bonds is 3. The third-order valence-corrected chi connectivity index (χ3v) is 4.83. The van der Waals surface area contributed by atoms with E-state index >= 15 is 0 Å². The molecule has 130 valence electrons. The predicted octanol–water partition coefficient (Wildman–Crippen LogP) is 5.12. The molecule has 0 radical (unpaired) electrons. The summed E-state index contributed by atoms with van der Waals surface area (Å²) in [5, 5.41) is 4.04. The van der Waals surface area contributed by atoms with Gasteiger partial charge in [-0.2, -0.15) is 0 Å². The number of aromatic nitrogens is 1. The normalized spacial score (nSPS) is 15.9. The average Bonchev–Trinajstić information content (AvgIpc) is 2.91. The van der Waals surface area contributed by atoms with E-state index in [-0.39, 0.29) is 12.1 Å². The fraction of sp³-hybridized carbons (Fsp3) is 0.143. The van der Waals surface area contributed by atoms with Gasteiger partial charge in [0.25, 0.3) is 5.91 Å². The highest BCUT2D eigenvalue weighted by Crippen LogP contribution is 2.38. The molecular weight excluding hydrogens is 346 g/mol. The molecule has 0 bridgehead atoms. The molecule has 0 unspecified atom stereocenters. The first-order chi connectivity index (χ1) is 12.5. The zero-order valence-corrected chi connectivity index (χ0v) is 15.3. The van der Waals surface area contributed by atoms with E-state index in [1.54, 1.807) is 11.1 Å². The Bertz CT molecular complexity index is 985. The van der Waals surface area contributed by atoms with Gasteiger partial charge in [0.15, 0.2) is 0 Å². The molecule has 1 aliphatic heterocycles. The molecular formula is C21H18ClN3O. The lowest BCUT2D eigenvalue weighted by molar-refractivity contribution is 0.0992. The molecule has 0 fully saturated rings. The summed E-state index contributed by atoms with van der Waals surface area (Å²) in [6, 6.07) is 17.3. The summed E-state index contributed by atoms with van der Waals surface area (Å²) < 4.78 is 0. The van der Waals surface area contributed by atoms with Crippen molar-refractivity contribution in [3.05, 3.63) is 88.1 Å². The molecule has 1 atom stereocenters. The van der Waals surface area contributed by atoms with Gasteiger partial charge in [-0.05, 0) is 49.2 Å². The van der Waals surface area contributed by atoms with Crippen LogP contribution in [0.4, 0.5) is 11.5 Å². The maximum absolute atomic E-state index is 13.0. The predicted molar refractivity (Wildman–Crippen MR) is 105 cm³/mol. The van der Waals surface area contributed by atoms with Crippen LogP contribution in [0.1, 0.15) is 33.2 Å². The molecule has 2 aromatic carbocycles. The molecule has 2 heterocycles. The van der Waals surface area contributed by atoms with Crippen molar-refractivity contribution in [2.45, 2.75) is 20.0 Å². The molecule has 26 heavy (non-hydrogen) atoms. The molecule has 1 aliphatic rings. The molecule has 1 N–H and O–H groups in total. The summed E-state index contributed by atoms with van der Waals surface area (Å²) in [7, 11) is 0. The number of carbonyl (C=O) groups excluding carboxylic acids is 1. The van der Waals surface area contributed by atoms with Crippen LogP contribution in [-0.4, -0.2) is 10.9 Å². The highest BCUT2D eigenvalue weighted by molar-refractivity contribution is 6.33. The third-order valence-electron chi connectivity index (χ3n) is 4.52. The standard InChI is InChI=1S/C21H18ClN3O/c1-13-7-9-18(17(22)11-13)24-20-15-5-3-4-6-16(15)21(26)25(20)19-10-8-14(2)12-23-19/h3-12,20,24H,1-2H3/t20-/m0/s1. The largest absolute Gasteiger partial charge is 0.360 e. The van der Waals surface area contributed by atoms with Crippen LogP contribution in [0, 0.1) is 13.8 Å². The molecule has 3 aromatic rings. The van der Waals surface area contributed by atoms with Crippen molar-refractivity contribution in [2.75, 3.05) is 10.2 Å². The first-order valence-electron chi connectivity index (χ1n) is 8.42. The number of benzene rings is 2. The molecule has 0 saturated carbocycles. The van der Waals surface area contributed by atoms with Gasteiger partial charge < -0.3 is 5.32 Å². The molecule has 0 aliphatic carbocycles. The molecule has 5 heteroatoms. The lowest BCUT2D eigenvalue weighted by atomic mass is 10.1. The molecule has 1 amide bonds. The third kappa shape index (κ3) is 2.82. The second kappa shape index (κ2) is 6.46. The summed E-state index contributed by atoms with van der Waals surface area (Å²) >= 11 is 6.40. The van der Waals surface area contributed by atoms with Crippen LogP contribution in [0.15, 0.2) is 60.8 Å². The number of nitrogens with zero attached hydrogens (tertiary/aromatic N) is 2. The maximum Gasteiger partial charge on any atom is 0.261 e. The Hall–Kier alpha value is -2.85. The second-order valence-corrected chi connectivity index (χ2v) is 6.89. The Morgan fingerprint density at radius 2 is 1.81 bits per heavy atom. The van der Waals surface area contributed by atoms with E-state index < -0.39 is 0 Å². The maximum atomic E-state index is 13.0. The Morgan fingerprint density at radius 3 is 2.54 bits per heavy atom. The van der Waals surface area contributed by atoms with Crippen LogP contribution in [0.3, 0.4) is 0 Å². The van der Waals surface area contributed by atoms with E-state index in [1.165, 1.54) is 0 Å². The first-order valence-corrected chi connectivity index (χ1v) is 8.80. The molecule has 0 spiro atoms. The Labute approximate surface area is 157 Å². The molecule has 4 rings (SSSR count). The number of amides is 1. The monoisotopic (exact) mass is 363 g/mol. The van der Waals surface area contributed by atoms with Gasteiger partial charge in [0, 0.05) is 17.3 Å². The summed E-state index contributed by atoms with van der Waals surface area (Å²) in [6.45, 7) is 3.96. The Kier molecular flexibility index (Phi) is 4.13. The van der Waals surface area contributed by atoms with Crippen molar-refractivity contribution in [3.8, 4) is 0 Å². The summed E-state index contributed by atoms with van der Waals surface area (Å²) in [5.41, 5.74) is 4.50. The average molecular weight is 364 g/mol. The van der Waals surface area contributed by atoms with Crippen LogP contribution in [0.25, 0.3) is 0 Å². The van der Waals surface area contributed by atoms with Crippen LogP contribution in [0.2, 0.25) is 5.02 Å². The van der Waals surface area contributed by atoms with E-state index in [0.29, 0.717) is 16.4 Å². The van der Waals surface area contributed by atoms with Gasteiger partial charge in [0.2, 0.25) is 0 Å². The van der Waals surface area contributed by atoms with Gasteiger partial charge in [-0.3, -0.25) is 9.69 Å². The highest BCUT2D eigenvalue weighted by Gasteiger charge is 2.38. The van der Waals surface area contributed by atoms with Gasteiger partial charge >= 0.3 is 0 Å². The van der Waals surface area contributed by atoms with Gasteiger partial charge in [-0.15, -0.1) is 0 Å². The number of hydrogen-bond donors (Lipinski definition) is 1. The Balaban J connectivity index is 1.79. The van der Waals surface area contributed by atoms with Gasteiger partial charge in [0.1, 0.15) is 12.0 Å². The van der Waals surface area contributed by atoms with Crippen LogP contribution in [-0.2, 0) is 0 Å². The van der Waals surface area contributed by atoms with E-state index in [9.17, 15) is 4.79 Å². The minimum Gasteiger partial charge on any atom is -0.360 e. The first kappa shape index (κ1) is 16.6. The van der Waals surface area contributed by atoms with Crippen molar-refractivity contribution in [3.63, 3.8) is 0 Å². The smallest absolute Gasteiger partial charge is 0.261 e. The van der Waals surface area contributed by atoms with E-state index in [0.717, 1.165) is 22.4 Å². The van der Waals surface area contributed by atoms with E-state index in [2.05, 4.69) is 10.3 Å². The second-order valence-electron chi connectivity index (χ2n) is 6.49. The van der Waals surface area contributed by atoms with Gasteiger partial charge in [-0.1, -0.05) is 41.9 Å². The lowest BCUT2D eigenvalue weighted by Crippen LogP contribution is -2.33. The zero-order chi connectivity index (χ0) is 18.3. The highest BCUT2D eigenvalue weighted by atomic mass is 35.5. The van der Waals surface area contributed by atoms with Crippen molar-refractivity contribution in [2.24, 2.45) is 0 Å². The SMILES string of the molecule is Cc1ccc(N2C(=O)c3ccccc3[C@H]2Nc2ccc(C)cc2Cl)nc1. The number of anilines is 2. The fourth-order valence-electron chi connectivity index (χ4n) is 3.18. The van der Waals surface area contributed by atoms with Crippen molar-refractivity contribution in [1.29, 1.82) is 0 Å². The number of nitrogens with one attached hydrogen (secondary N) is 1. The van der Waals surface area contributed by atoms with Crippen LogP contribution >= 0.6 is 11.6 Å². The van der Waals surface area contributed by atoms with E-state index in [1.807, 2.05) is 68.4 Å². The number of pyridine rings is 1. The lowest BCUT2D eigenvalue weighted by Gasteiger charge is -2.26. The summed E-state index contributed by atoms with van der Waals surface area (Å²) in [6.07, 6.45) is 1.40. The zero-order valence-electron chi connectivity index (χ0n) is 14.5. The minimum atomic E-state index is -0.367. The van der Waals surface area contributed by atoms with Gasteiger partial charge in [0.05, 0.1) is 10.7 Å². The molecule has 1 aromatic heterocycles. The fourth-order valence-corrected chi connectivity index (χ4v) is 3.47. The van der Waals surface area contributed by atoms with Crippen molar-refractivity contribution in [1.82, 2.24) is 4.98 Å². The summed E-state index contributed by atoms with van der Waals surface area (Å²) in [5.74, 6) is 0.537. The van der Waals surface area contributed by atoms with Gasteiger partial charge in [-0.25, -0.2) is 4.98 Å². The Morgan fingerprint density at radius 1 is 1.04 bits per heavy atom. The number of halogens is 1. The number of aryl methyl sites for hydroxylation is 2.